The van der Waals surface area contributed by atoms with E-state index in [-0.39, 0.29) is 6.04 Å². The van der Waals surface area contributed by atoms with Gasteiger partial charge in [-0.3, -0.25) is 0 Å². The quantitative estimate of drug-likeness (QED) is 0.824. The van der Waals surface area contributed by atoms with Crippen LogP contribution in [-0.2, 0) is 0 Å². The highest BCUT2D eigenvalue weighted by Gasteiger charge is 2.14. The van der Waals surface area contributed by atoms with Crippen LogP contribution in [0.15, 0.2) is 22.8 Å². The van der Waals surface area contributed by atoms with E-state index in [0.717, 1.165) is 10.6 Å². The molecular weight excluding hydrogens is 196 g/mol. The molecule has 0 radical (unpaired) electrons. The lowest BCUT2D eigenvalue weighted by Gasteiger charge is -2.03. The second-order valence-electron chi connectivity index (χ2n) is 3.22. The fourth-order valence-electron chi connectivity index (χ4n) is 1.29. The molecule has 0 aliphatic carbocycles. The van der Waals surface area contributed by atoms with Gasteiger partial charge in [-0.05, 0) is 19.1 Å². The van der Waals surface area contributed by atoms with Crippen LogP contribution >= 0.6 is 11.3 Å². The first-order valence-corrected chi connectivity index (χ1v) is 5.22. The Morgan fingerprint density at radius 2 is 2.21 bits per heavy atom. The fourth-order valence-corrected chi connectivity index (χ4v) is 2.18. The lowest BCUT2D eigenvalue weighted by Crippen LogP contribution is -2.10. The molecule has 2 heterocycles. The van der Waals surface area contributed by atoms with Gasteiger partial charge in [-0.25, -0.2) is 4.98 Å². The number of thiophene rings is 1. The van der Waals surface area contributed by atoms with Crippen molar-refractivity contribution >= 4 is 11.3 Å². The van der Waals surface area contributed by atoms with Gasteiger partial charge >= 0.3 is 0 Å². The molecule has 1 atom stereocenters. The van der Waals surface area contributed by atoms with Crippen LogP contribution in [0.25, 0.3) is 0 Å². The number of hydrogen-bond donors (Lipinski definition) is 1. The van der Waals surface area contributed by atoms with Crippen molar-refractivity contribution in [1.82, 2.24) is 4.98 Å². The Hall–Kier alpha value is -1.13. The zero-order valence-corrected chi connectivity index (χ0v) is 8.97. The standard InChI is InChI=1S/C10H12N2OS/c1-6-3-4-9(14-6)10(11)8-5-13-7(2)12-8/h3-5,10H,11H2,1-2H3. The molecular formula is C10H12N2OS. The molecule has 0 fully saturated rings. The SMILES string of the molecule is Cc1nc(C(N)c2ccc(C)s2)co1. The number of nitrogens with two attached hydrogens (primary N) is 1. The molecule has 4 heteroatoms. The third-order valence-corrected chi connectivity index (χ3v) is 3.11. The first-order valence-electron chi connectivity index (χ1n) is 4.41. The largest absolute Gasteiger partial charge is 0.449 e. The van der Waals surface area contributed by atoms with E-state index in [2.05, 4.69) is 18.0 Å². The molecule has 0 bridgehead atoms. The van der Waals surface area contributed by atoms with E-state index in [1.807, 2.05) is 13.0 Å². The van der Waals surface area contributed by atoms with Crippen molar-refractivity contribution < 1.29 is 4.42 Å². The van der Waals surface area contributed by atoms with Gasteiger partial charge in [0.25, 0.3) is 0 Å². The van der Waals surface area contributed by atoms with Gasteiger partial charge in [0.15, 0.2) is 5.89 Å². The maximum atomic E-state index is 6.03. The highest BCUT2D eigenvalue weighted by atomic mass is 32.1. The predicted molar refractivity (Wildman–Crippen MR) is 56.3 cm³/mol. The van der Waals surface area contributed by atoms with Gasteiger partial charge in [-0.2, -0.15) is 0 Å². The number of hydrogen-bond acceptors (Lipinski definition) is 4. The minimum atomic E-state index is -0.161. The zero-order chi connectivity index (χ0) is 10.1. The first-order chi connectivity index (χ1) is 6.66. The van der Waals surface area contributed by atoms with Crippen LogP contribution in [0.1, 0.15) is 27.4 Å². The van der Waals surface area contributed by atoms with Gasteiger partial charge in [0.2, 0.25) is 0 Å². The number of aryl methyl sites for hydroxylation is 2. The van der Waals surface area contributed by atoms with E-state index >= 15 is 0 Å². The van der Waals surface area contributed by atoms with E-state index in [9.17, 15) is 0 Å². The number of aromatic nitrogens is 1. The lowest BCUT2D eigenvalue weighted by molar-refractivity contribution is 0.520. The molecule has 74 valence electrons. The van der Waals surface area contributed by atoms with Gasteiger partial charge in [0.05, 0.1) is 6.04 Å². The van der Waals surface area contributed by atoms with Crippen LogP contribution in [0.4, 0.5) is 0 Å². The van der Waals surface area contributed by atoms with Gasteiger partial charge in [-0.15, -0.1) is 11.3 Å². The highest BCUT2D eigenvalue weighted by molar-refractivity contribution is 7.12. The summed E-state index contributed by atoms with van der Waals surface area (Å²) >= 11 is 1.69. The second-order valence-corrected chi connectivity index (χ2v) is 4.54. The van der Waals surface area contributed by atoms with Crippen molar-refractivity contribution in [2.24, 2.45) is 5.73 Å². The normalized spacial score (nSPS) is 13.1. The molecule has 2 rings (SSSR count). The molecule has 0 spiro atoms. The Kier molecular flexibility index (Phi) is 2.39. The molecule has 2 aromatic heterocycles. The number of nitrogens with zero attached hydrogens (tertiary/aromatic N) is 1. The van der Waals surface area contributed by atoms with Crippen molar-refractivity contribution in [3.8, 4) is 0 Å². The Balaban J connectivity index is 2.28. The zero-order valence-electron chi connectivity index (χ0n) is 8.15. The van der Waals surface area contributed by atoms with Crippen LogP contribution < -0.4 is 5.73 Å². The average molecular weight is 208 g/mol. The van der Waals surface area contributed by atoms with Crippen LogP contribution in [0.5, 0.6) is 0 Å². The van der Waals surface area contributed by atoms with E-state index < -0.39 is 0 Å². The third kappa shape index (κ3) is 1.71. The second kappa shape index (κ2) is 3.55. The number of oxazole rings is 1. The van der Waals surface area contributed by atoms with Crippen LogP contribution in [0.3, 0.4) is 0 Å². The molecule has 0 aliphatic heterocycles. The Morgan fingerprint density at radius 3 is 2.71 bits per heavy atom. The molecule has 2 aromatic rings. The van der Waals surface area contributed by atoms with Crippen molar-refractivity contribution in [2.45, 2.75) is 19.9 Å². The van der Waals surface area contributed by atoms with Crippen molar-refractivity contribution in [3.05, 3.63) is 39.7 Å². The van der Waals surface area contributed by atoms with E-state index in [1.165, 1.54) is 4.88 Å². The van der Waals surface area contributed by atoms with Crippen molar-refractivity contribution in [3.63, 3.8) is 0 Å². The molecule has 0 saturated heterocycles. The molecule has 0 saturated carbocycles. The summed E-state index contributed by atoms with van der Waals surface area (Å²) in [6.07, 6.45) is 1.62. The fraction of sp³-hybridized carbons (Fsp3) is 0.300. The summed E-state index contributed by atoms with van der Waals surface area (Å²) in [4.78, 5) is 6.59. The van der Waals surface area contributed by atoms with Gasteiger partial charge in [0, 0.05) is 16.7 Å². The summed E-state index contributed by atoms with van der Waals surface area (Å²) in [6.45, 7) is 3.88. The minimum absolute atomic E-state index is 0.161. The molecule has 0 amide bonds. The molecule has 3 nitrogen and oxygen atoms in total. The van der Waals surface area contributed by atoms with Gasteiger partial charge in [0.1, 0.15) is 12.0 Å². The molecule has 2 N–H and O–H groups in total. The first kappa shape index (κ1) is 9.43. The van der Waals surface area contributed by atoms with E-state index in [4.69, 9.17) is 10.2 Å². The van der Waals surface area contributed by atoms with E-state index in [1.54, 1.807) is 17.6 Å². The minimum Gasteiger partial charge on any atom is -0.449 e. The van der Waals surface area contributed by atoms with Crippen LogP contribution in [0.2, 0.25) is 0 Å². The molecule has 14 heavy (non-hydrogen) atoms. The topological polar surface area (TPSA) is 52.0 Å². The molecule has 0 aliphatic rings. The molecule has 0 aromatic carbocycles. The lowest BCUT2D eigenvalue weighted by atomic mass is 10.2. The predicted octanol–water partition coefficient (Wildman–Crippen LogP) is 2.40. The average Bonchev–Trinajstić information content (AvgIpc) is 2.73. The van der Waals surface area contributed by atoms with Crippen LogP contribution in [-0.4, -0.2) is 4.98 Å². The summed E-state index contributed by atoms with van der Waals surface area (Å²) in [6, 6.07) is 3.94. The summed E-state index contributed by atoms with van der Waals surface area (Å²) in [5.41, 5.74) is 6.83. The monoisotopic (exact) mass is 208 g/mol. The van der Waals surface area contributed by atoms with Crippen molar-refractivity contribution in [2.75, 3.05) is 0 Å². The summed E-state index contributed by atoms with van der Waals surface area (Å²) in [5, 5.41) is 0. The Labute approximate surface area is 86.6 Å². The summed E-state index contributed by atoms with van der Waals surface area (Å²) < 4.78 is 5.13. The van der Waals surface area contributed by atoms with Crippen LogP contribution in [0, 0.1) is 13.8 Å². The van der Waals surface area contributed by atoms with E-state index in [0.29, 0.717) is 5.89 Å². The Morgan fingerprint density at radius 1 is 1.43 bits per heavy atom. The molecule has 1 unspecified atom stereocenters. The third-order valence-electron chi connectivity index (χ3n) is 2.02. The Bertz CT molecular complexity index is 393. The highest BCUT2D eigenvalue weighted by Crippen LogP contribution is 2.25. The smallest absolute Gasteiger partial charge is 0.191 e. The van der Waals surface area contributed by atoms with Crippen molar-refractivity contribution in [1.29, 1.82) is 0 Å². The van der Waals surface area contributed by atoms with Gasteiger partial charge in [-0.1, -0.05) is 0 Å². The number of rotatable bonds is 2. The maximum absolute atomic E-state index is 6.03. The summed E-state index contributed by atoms with van der Waals surface area (Å²) in [7, 11) is 0. The summed E-state index contributed by atoms with van der Waals surface area (Å²) in [5.74, 6) is 0.656. The maximum Gasteiger partial charge on any atom is 0.191 e. The van der Waals surface area contributed by atoms with Gasteiger partial charge < -0.3 is 10.2 Å².